The Morgan fingerprint density at radius 1 is 0.458 bits per heavy atom. The maximum absolute atomic E-state index is 2.45. The first-order valence-corrected chi connectivity index (χ1v) is 9.25. The van der Waals surface area contributed by atoms with Crippen LogP contribution >= 0.6 is 0 Å². The Morgan fingerprint density at radius 3 is 1.12 bits per heavy atom. The minimum atomic E-state index is 0.156. The van der Waals surface area contributed by atoms with Gasteiger partial charge in [0.2, 0.25) is 0 Å². The van der Waals surface area contributed by atoms with Crippen molar-refractivity contribution in [1.82, 2.24) is 0 Å². The molecule has 126 valence electrons. The van der Waals surface area contributed by atoms with Gasteiger partial charge in [-0.25, -0.2) is 0 Å². The van der Waals surface area contributed by atoms with Crippen LogP contribution in [0.25, 0.3) is 21.9 Å². The molecule has 0 saturated carbocycles. The quantitative estimate of drug-likeness (QED) is 0.495. The summed E-state index contributed by atoms with van der Waals surface area (Å²) in [7, 11) is 0. The van der Waals surface area contributed by atoms with E-state index in [-0.39, 0.29) is 10.8 Å². The Balaban J connectivity index is 2.43. The predicted octanol–water partition coefficient (Wildman–Crippen LogP) is 6.91. The van der Waals surface area contributed by atoms with Gasteiger partial charge in [-0.3, -0.25) is 0 Å². The van der Waals surface area contributed by atoms with Crippen LogP contribution in [-0.2, 0) is 10.8 Å². The lowest BCUT2D eigenvalue weighted by molar-refractivity contribution is 0.319. The fraction of sp³-hybridized carbons (Fsp3) is 0.500. The molecule has 0 unspecified atom stereocenters. The molecule has 2 aliphatic rings. The number of hydrogen-bond acceptors (Lipinski definition) is 0. The average Bonchev–Trinajstić information content (AvgIpc) is 2.83. The van der Waals surface area contributed by atoms with Gasteiger partial charge >= 0.3 is 0 Å². The molecular weight excluding hydrogens is 288 g/mol. The summed E-state index contributed by atoms with van der Waals surface area (Å²) in [5.41, 5.74) is 15.5. The van der Waals surface area contributed by atoms with Gasteiger partial charge < -0.3 is 0 Å². The third-order valence-electron chi connectivity index (χ3n) is 8.00. The second-order valence-electron chi connectivity index (χ2n) is 9.25. The summed E-state index contributed by atoms with van der Waals surface area (Å²) in [5, 5.41) is 3.14. The lowest BCUT2D eigenvalue weighted by Crippen LogP contribution is -2.37. The summed E-state index contributed by atoms with van der Waals surface area (Å²) >= 11 is 0. The highest BCUT2D eigenvalue weighted by Crippen LogP contribution is 2.61. The van der Waals surface area contributed by atoms with Crippen LogP contribution in [0.3, 0.4) is 0 Å². The Morgan fingerprint density at radius 2 is 0.792 bits per heavy atom. The molecule has 2 aliphatic carbocycles. The molecule has 4 rings (SSSR count). The lowest BCUT2D eigenvalue weighted by atomic mass is 9.65. The van der Waals surface area contributed by atoms with Gasteiger partial charge in [0.05, 0.1) is 0 Å². The fourth-order valence-corrected chi connectivity index (χ4v) is 5.75. The normalized spacial score (nSPS) is 19.8. The summed E-state index contributed by atoms with van der Waals surface area (Å²) < 4.78 is 0. The molecule has 2 aromatic carbocycles. The van der Waals surface area contributed by atoms with Crippen LogP contribution in [-0.4, -0.2) is 0 Å². The Hall–Kier alpha value is -1.56. The zero-order valence-electron chi connectivity index (χ0n) is 17.0. The van der Waals surface area contributed by atoms with Gasteiger partial charge in [0.25, 0.3) is 0 Å². The van der Waals surface area contributed by atoms with Crippen molar-refractivity contribution in [3.05, 3.63) is 44.5 Å². The predicted molar refractivity (Wildman–Crippen MR) is 107 cm³/mol. The van der Waals surface area contributed by atoms with Gasteiger partial charge in [-0.15, -0.1) is 0 Å². The molecule has 0 atom stereocenters. The molecule has 0 heterocycles. The molecule has 0 N–H and O–H groups in total. The minimum Gasteiger partial charge on any atom is -0.0549 e. The van der Waals surface area contributed by atoms with Crippen LogP contribution in [0, 0.1) is 27.7 Å². The van der Waals surface area contributed by atoms with E-state index in [0.29, 0.717) is 0 Å². The van der Waals surface area contributed by atoms with E-state index in [1.54, 1.807) is 21.9 Å². The molecule has 2 aromatic rings. The van der Waals surface area contributed by atoms with Crippen LogP contribution in [0.5, 0.6) is 0 Å². The van der Waals surface area contributed by atoms with Gasteiger partial charge in [0, 0.05) is 0 Å². The molecule has 0 heteroatoms. The Kier molecular flexibility index (Phi) is 2.76. The topological polar surface area (TPSA) is 0 Å². The van der Waals surface area contributed by atoms with Crippen molar-refractivity contribution in [2.75, 3.05) is 0 Å². The molecule has 0 bridgehead atoms. The highest BCUT2D eigenvalue weighted by molar-refractivity contribution is 6.18. The number of rotatable bonds is 0. The summed E-state index contributed by atoms with van der Waals surface area (Å²) in [6, 6.07) is 0. The molecule has 0 nitrogen and oxygen atoms in total. The van der Waals surface area contributed by atoms with E-state index in [0.717, 1.165) is 0 Å². The van der Waals surface area contributed by atoms with E-state index < -0.39 is 0 Å². The molecule has 24 heavy (non-hydrogen) atoms. The van der Waals surface area contributed by atoms with Crippen LogP contribution in [0.2, 0.25) is 0 Å². The highest BCUT2D eigenvalue weighted by Gasteiger charge is 2.50. The van der Waals surface area contributed by atoms with Crippen molar-refractivity contribution < 1.29 is 0 Å². The third kappa shape index (κ3) is 1.36. The first kappa shape index (κ1) is 15.9. The van der Waals surface area contributed by atoms with E-state index >= 15 is 0 Å². The minimum absolute atomic E-state index is 0.156. The molecular formula is C24H30. The number of allylic oxidation sites excluding steroid dienone is 2. The highest BCUT2D eigenvalue weighted by atomic mass is 14.5. The molecule has 0 aromatic heterocycles. The number of benzene rings is 2. The number of hydrogen-bond donors (Lipinski definition) is 0. The van der Waals surface area contributed by atoms with E-state index in [4.69, 9.17) is 0 Å². The second kappa shape index (κ2) is 4.15. The van der Waals surface area contributed by atoms with Crippen molar-refractivity contribution in [1.29, 1.82) is 0 Å². The summed E-state index contributed by atoms with van der Waals surface area (Å²) in [5.74, 6) is 0. The summed E-state index contributed by atoms with van der Waals surface area (Å²) in [6.45, 7) is 23.8. The Labute approximate surface area is 147 Å². The van der Waals surface area contributed by atoms with Crippen LogP contribution in [0.1, 0.15) is 86.1 Å². The molecule has 0 amide bonds. The first-order valence-electron chi connectivity index (χ1n) is 9.25. The van der Waals surface area contributed by atoms with Gasteiger partial charge in [-0.05, 0) is 119 Å². The largest absolute Gasteiger partial charge is 0.0549 e. The van der Waals surface area contributed by atoms with Crippen molar-refractivity contribution in [3.8, 4) is 0 Å². The molecule has 0 saturated heterocycles. The van der Waals surface area contributed by atoms with Crippen molar-refractivity contribution in [2.45, 2.75) is 80.1 Å². The smallest absolute Gasteiger partial charge is 0.000274 e. The lowest BCUT2D eigenvalue weighted by Gasteiger charge is -2.38. The van der Waals surface area contributed by atoms with Crippen LogP contribution < -0.4 is 0 Å². The van der Waals surface area contributed by atoms with Gasteiger partial charge in [-0.2, -0.15) is 0 Å². The van der Waals surface area contributed by atoms with E-state index in [2.05, 4.69) is 69.2 Å². The SMILES string of the molecule is CC1=C(C)c2c(C)c(C)c3c4c(c(C)c(C)c1c24)C(C)(C)C3(C)C. The van der Waals surface area contributed by atoms with E-state index in [9.17, 15) is 0 Å². The second-order valence-corrected chi connectivity index (χ2v) is 9.25. The average molecular weight is 319 g/mol. The standard InChI is InChI=1S/C24H30/c1-11-12(2)18-14(4)16(6)22-20-19(18)17(11)13(3)15(5)21(20)23(7,8)24(22,9)10/h1-10H3. The maximum Gasteiger partial charge on any atom is -0.000274 e. The van der Waals surface area contributed by atoms with Gasteiger partial charge in [0.1, 0.15) is 0 Å². The Bertz CT molecular complexity index is 915. The van der Waals surface area contributed by atoms with Crippen molar-refractivity contribution in [3.63, 3.8) is 0 Å². The van der Waals surface area contributed by atoms with Crippen LogP contribution in [0.4, 0.5) is 0 Å². The summed E-state index contributed by atoms with van der Waals surface area (Å²) in [4.78, 5) is 0. The first-order chi connectivity index (χ1) is 11.0. The summed E-state index contributed by atoms with van der Waals surface area (Å²) in [6.07, 6.45) is 0. The van der Waals surface area contributed by atoms with Crippen molar-refractivity contribution in [2.24, 2.45) is 0 Å². The van der Waals surface area contributed by atoms with Gasteiger partial charge in [-0.1, -0.05) is 27.7 Å². The zero-order chi connectivity index (χ0) is 17.9. The third-order valence-corrected chi connectivity index (χ3v) is 8.00. The maximum atomic E-state index is 2.45. The van der Waals surface area contributed by atoms with E-state index in [1.165, 1.54) is 44.5 Å². The van der Waals surface area contributed by atoms with Gasteiger partial charge in [0.15, 0.2) is 0 Å². The molecule has 0 radical (unpaired) electrons. The fourth-order valence-electron chi connectivity index (χ4n) is 5.75. The van der Waals surface area contributed by atoms with Crippen LogP contribution in [0.15, 0.2) is 0 Å². The molecule has 0 spiro atoms. The van der Waals surface area contributed by atoms with E-state index in [1.807, 2.05) is 0 Å². The monoisotopic (exact) mass is 318 g/mol. The zero-order valence-corrected chi connectivity index (χ0v) is 17.0. The molecule has 0 fully saturated rings. The van der Waals surface area contributed by atoms with Crippen molar-refractivity contribution >= 4 is 21.9 Å². The molecule has 0 aliphatic heterocycles.